The van der Waals surface area contributed by atoms with Crippen molar-refractivity contribution >= 4 is 38.6 Å². The largest absolute Gasteiger partial charge is 0.394 e. The summed E-state index contributed by atoms with van der Waals surface area (Å²) >= 11 is 0. The summed E-state index contributed by atoms with van der Waals surface area (Å²) in [6.07, 6.45) is -0.927. The number of carbonyl (C=O) groups is 3. The number of ether oxygens (including phenoxy) is 2. The minimum absolute atomic E-state index is 0.125. The van der Waals surface area contributed by atoms with E-state index in [2.05, 4.69) is 6.92 Å². The summed E-state index contributed by atoms with van der Waals surface area (Å²) in [5.74, 6) is -1.21. The van der Waals surface area contributed by atoms with Crippen LogP contribution in [0, 0.1) is 0 Å². The fraction of sp³-hybridized carbons (Fsp3) is 0.711. The average Bonchev–Trinajstić information content (AvgIpc) is 3.27. The third-order valence-electron chi connectivity index (χ3n) is 12.2. The molecule has 2 aromatic carbocycles. The molecule has 1 saturated heterocycles. The van der Waals surface area contributed by atoms with E-state index in [0.717, 1.165) is 83.5 Å². The van der Waals surface area contributed by atoms with Gasteiger partial charge in [-0.05, 0) is 37.5 Å². The maximum absolute atomic E-state index is 13.4. The SMILES string of the molecule is CCCCCCCCC(=O)N(CCCCCCCCCCCCN1C(=O)c2cccc3c(S(=O)(=O)O)ccc(c23)C1=O)C[C@H](O)[C@@H](O)[C@H](O[C@@H]1O[C@H](CO)[C@H](O)[C@H](O)[C@H]1O)[C@H](O)CO. The first-order chi connectivity index (χ1) is 30.6. The Morgan fingerprint density at radius 2 is 1.34 bits per heavy atom. The first-order valence-electron chi connectivity index (χ1n) is 22.8. The Labute approximate surface area is 375 Å². The molecule has 3 amide bonds. The fourth-order valence-corrected chi connectivity index (χ4v) is 9.14. The lowest BCUT2D eigenvalue weighted by Crippen LogP contribution is -2.61. The van der Waals surface area contributed by atoms with Gasteiger partial charge in [-0.25, -0.2) is 0 Å². The number of imide groups is 1. The third kappa shape index (κ3) is 14.4. The number of aliphatic hydroxyl groups is 8. The number of aliphatic hydroxyl groups excluding tert-OH is 8. The summed E-state index contributed by atoms with van der Waals surface area (Å²) in [5, 5.41) is 83.2. The highest BCUT2D eigenvalue weighted by molar-refractivity contribution is 7.86. The van der Waals surface area contributed by atoms with Crippen LogP contribution in [-0.4, -0.2) is 169 Å². The molecule has 9 N–H and O–H groups in total. The molecule has 0 radical (unpaired) electrons. The van der Waals surface area contributed by atoms with Gasteiger partial charge in [-0.2, -0.15) is 8.42 Å². The predicted molar refractivity (Wildman–Crippen MR) is 234 cm³/mol. The van der Waals surface area contributed by atoms with Gasteiger partial charge in [0, 0.05) is 48.0 Å². The molecule has 0 aliphatic carbocycles. The Kier molecular flexibility index (Phi) is 21.9. The van der Waals surface area contributed by atoms with E-state index in [-0.39, 0.29) is 52.2 Å². The zero-order valence-electron chi connectivity index (χ0n) is 36.8. The van der Waals surface area contributed by atoms with Crippen molar-refractivity contribution < 1.29 is 77.7 Å². The normalized spacial score (nSPS) is 22.2. The van der Waals surface area contributed by atoms with Gasteiger partial charge in [0.2, 0.25) is 5.91 Å². The smallest absolute Gasteiger partial charge is 0.295 e. The molecule has 2 aliphatic heterocycles. The number of carbonyl (C=O) groups excluding carboxylic acids is 3. The molecule has 2 heterocycles. The van der Waals surface area contributed by atoms with Crippen LogP contribution in [-0.2, 0) is 24.4 Å². The molecule has 19 heteroatoms. The lowest BCUT2D eigenvalue weighted by Gasteiger charge is -2.42. The minimum atomic E-state index is -4.56. The summed E-state index contributed by atoms with van der Waals surface area (Å²) in [6, 6.07) is 7.04. The zero-order chi connectivity index (χ0) is 47.0. The molecular weight excluding hydrogens is 857 g/mol. The first-order valence-corrected chi connectivity index (χ1v) is 24.3. The Balaban J connectivity index is 1.20. The number of hydrogen-bond acceptors (Lipinski definition) is 15. The van der Waals surface area contributed by atoms with E-state index in [1.54, 1.807) is 6.07 Å². The van der Waals surface area contributed by atoms with Crippen molar-refractivity contribution in [2.45, 2.75) is 176 Å². The predicted octanol–water partition coefficient (Wildman–Crippen LogP) is 2.42. The molecule has 4 rings (SSSR count). The summed E-state index contributed by atoms with van der Waals surface area (Å²) in [6.45, 7) is 0.661. The molecular formula is C45H70N2O16S. The molecule has 0 aromatic heterocycles. The first kappa shape index (κ1) is 53.4. The Morgan fingerprint density at radius 3 is 1.94 bits per heavy atom. The van der Waals surface area contributed by atoms with Gasteiger partial charge in [0.05, 0.1) is 13.2 Å². The number of nitrogens with zero attached hydrogens (tertiary/aromatic N) is 2. The van der Waals surface area contributed by atoms with Gasteiger partial charge in [-0.3, -0.25) is 23.8 Å². The van der Waals surface area contributed by atoms with Crippen LogP contribution in [0.3, 0.4) is 0 Å². The van der Waals surface area contributed by atoms with Crippen molar-refractivity contribution in [1.82, 2.24) is 9.80 Å². The second-order valence-corrected chi connectivity index (χ2v) is 18.5. The van der Waals surface area contributed by atoms with Crippen LogP contribution in [0.1, 0.15) is 137 Å². The highest BCUT2D eigenvalue weighted by atomic mass is 32.2. The van der Waals surface area contributed by atoms with Crippen LogP contribution in [0.5, 0.6) is 0 Å². The van der Waals surface area contributed by atoms with Crippen molar-refractivity contribution in [2.24, 2.45) is 0 Å². The molecule has 64 heavy (non-hydrogen) atoms. The van der Waals surface area contributed by atoms with Gasteiger partial charge in [0.15, 0.2) is 6.29 Å². The van der Waals surface area contributed by atoms with E-state index >= 15 is 0 Å². The van der Waals surface area contributed by atoms with Crippen molar-refractivity contribution in [3.05, 3.63) is 41.5 Å². The number of rotatable bonds is 30. The molecule has 2 aromatic rings. The highest BCUT2D eigenvalue weighted by Gasteiger charge is 2.47. The second kappa shape index (κ2) is 26.2. The Bertz CT molecular complexity index is 1880. The molecule has 362 valence electrons. The quantitative estimate of drug-likeness (QED) is 0.0309. The second-order valence-electron chi connectivity index (χ2n) is 17.1. The van der Waals surface area contributed by atoms with Gasteiger partial charge < -0.3 is 55.2 Å². The van der Waals surface area contributed by atoms with Gasteiger partial charge in [-0.1, -0.05) is 103 Å². The van der Waals surface area contributed by atoms with E-state index in [9.17, 15) is 68.2 Å². The summed E-state index contributed by atoms with van der Waals surface area (Å²) in [4.78, 5) is 42.3. The van der Waals surface area contributed by atoms with Crippen LogP contribution >= 0.6 is 0 Å². The van der Waals surface area contributed by atoms with E-state index in [1.165, 1.54) is 34.1 Å². The molecule has 2 aliphatic rings. The maximum atomic E-state index is 13.4. The van der Waals surface area contributed by atoms with E-state index < -0.39 is 90.3 Å². The van der Waals surface area contributed by atoms with E-state index in [0.29, 0.717) is 25.8 Å². The van der Waals surface area contributed by atoms with Crippen LogP contribution in [0.15, 0.2) is 35.2 Å². The lowest BCUT2D eigenvalue weighted by atomic mass is 9.94. The van der Waals surface area contributed by atoms with E-state index in [4.69, 9.17) is 9.47 Å². The summed E-state index contributed by atoms with van der Waals surface area (Å²) < 4.78 is 44.3. The van der Waals surface area contributed by atoms with Crippen molar-refractivity contribution in [3.8, 4) is 0 Å². The molecule has 0 bridgehead atoms. The van der Waals surface area contributed by atoms with Crippen molar-refractivity contribution in [1.29, 1.82) is 0 Å². The van der Waals surface area contributed by atoms with Gasteiger partial charge >= 0.3 is 0 Å². The van der Waals surface area contributed by atoms with Gasteiger partial charge in [-0.15, -0.1) is 0 Å². The van der Waals surface area contributed by atoms with Crippen LogP contribution in [0.2, 0.25) is 0 Å². The summed E-state index contributed by atoms with van der Waals surface area (Å²) in [5.41, 5.74) is 0.431. The molecule has 0 unspecified atom stereocenters. The average molecular weight is 927 g/mol. The van der Waals surface area contributed by atoms with E-state index in [1.807, 2.05) is 0 Å². The Morgan fingerprint density at radius 1 is 0.766 bits per heavy atom. The third-order valence-corrected chi connectivity index (χ3v) is 13.1. The lowest BCUT2D eigenvalue weighted by molar-refractivity contribution is -0.327. The number of unbranched alkanes of at least 4 members (excludes halogenated alkanes) is 14. The zero-order valence-corrected chi connectivity index (χ0v) is 37.6. The van der Waals surface area contributed by atoms with Gasteiger partial charge in [0.25, 0.3) is 21.9 Å². The monoisotopic (exact) mass is 926 g/mol. The van der Waals surface area contributed by atoms with Crippen LogP contribution < -0.4 is 0 Å². The maximum Gasteiger partial charge on any atom is 0.295 e. The molecule has 0 saturated carbocycles. The number of hydrogen-bond donors (Lipinski definition) is 9. The summed E-state index contributed by atoms with van der Waals surface area (Å²) in [7, 11) is -4.56. The Hall–Kier alpha value is -3.18. The molecule has 18 nitrogen and oxygen atoms in total. The van der Waals surface area contributed by atoms with Crippen LogP contribution in [0.25, 0.3) is 10.8 Å². The highest BCUT2D eigenvalue weighted by Crippen LogP contribution is 2.34. The number of benzene rings is 2. The van der Waals surface area contributed by atoms with Crippen molar-refractivity contribution in [3.63, 3.8) is 0 Å². The molecule has 1 fully saturated rings. The van der Waals surface area contributed by atoms with Crippen molar-refractivity contribution in [2.75, 3.05) is 32.8 Å². The fourth-order valence-electron chi connectivity index (χ4n) is 8.46. The van der Waals surface area contributed by atoms with Crippen LogP contribution in [0.4, 0.5) is 0 Å². The standard InChI is InChI=1S/C45H70N2O16S/c1-2-3-4-5-12-15-21-36(52)46(26-32(50)38(53)42(33(51)27-48)63-45-41(56)40(55)39(54)34(28-49)62-45)24-16-13-10-8-6-7-9-11-14-17-25-47-43(57)30-20-18-19-29-35(64(59,60)61)23-22-31(37(29)30)44(47)58/h18-20,22-23,32-34,38-42,45,48-51,53-56H,2-17,21,24-28H2,1H3,(H,59,60,61)/t32-,33+,34+,38+,39-,40-,41+,42+,45-/m0/s1. The molecule has 0 spiro atoms. The minimum Gasteiger partial charge on any atom is -0.394 e. The number of amides is 3. The topological polar surface area (TPSA) is 292 Å². The van der Waals surface area contributed by atoms with Gasteiger partial charge in [0.1, 0.15) is 53.7 Å². The molecule has 9 atom stereocenters.